The van der Waals surface area contributed by atoms with Gasteiger partial charge in [0.05, 0.1) is 12.3 Å². The fourth-order valence-corrected chi connectivity index (χ4v) is 2.83. The zero-order valence-corrected chi connectivity index (χ0v) is 10.8. The number of aromatic nitrogens is 1. The molecule has 2 aromatic rings. The van der Waals surface area contributed by atoms with Crippen molar-refractivity contribution in [1.82, 2.24) is 4.37 Å². The van der Waals surface area contributed by atoms with E-state index < -0.39 is 5.97 Å². The van der Waals surface area contributed by atoms with Gasteiger partial charge in [-0.15, -0.1) is 0 Å². The Bertz CT molecular complexity index is 560. The van der Waals surface area contributed by atoms with E-state index >= 15 is 0 Å². The molecule has 88 valence electrons. The number of hydrogen-bond acceptors (Lipinski definition) is 6. The van der Waals surface area contributed by atoms with Gasteiger partial charge < -0.3 is 4.74 Å². The Kier molecular flexibility index (Phi) is 4.00. The molecule has 0 saturated carbocycles. The third-order valence-corrected chi connectivity index (χ3v) is 3.60. The maximum atomic E-state index is 11.6. The van der Waals surface area contributed by atoms with Gasteiger partial charge in [-0.1, -0.05) is 18.2 Å². The van der Waals surface area contributed by atoms with Gasteiger partial charge in [0.1, 0.15) is 0 Å². The van der Waals surface area contributed by atoms with Crippen LogP contribution in [0.1, 0.15) is 17.4 Å². The minimum absolute atomic E-state index is 0.297. The Labute approximate surface area is 106 Å². The van der Waals surface area contributed by atoms with E-state index in [2.05, 4.69) is 9.37 Å². The number of hydrogen-bond donors (Lipinski definition) is 0. The van der Waals surface area contributed by atoms with Crippen LogP contribution in [0.3, 0.4) is 0 Å². The number of carbonyl (C=O) groups is 1. The van der Waals surface area contributed by atoms with Gasteiger partial charge in [-0.2, -0.15) is 4.37 Å². The number of esters is 1. The molecule has 0 bridgehead atoms. The van der Waals surface area contributed by atoms with E-state index in [9.17, 15) is 4.79 Å². The molecule has 0 aliphatic rings. The molecule has 0 aliphatic carbocycles. The minimum atomic E-state index is -0.417. The minimum Gasteiger partial charge on any atom is -0.461 e. The lowest BCUT2D eigenvalue weighted by atomic mass is 10.3. The maximum Gasteiger partial charge on any atom is 0.361 e. The van der Waals surface area contributed by atoms with Gasteiger partial charge in [-0.25, -0.2) is 9.79 Å². The molecule has 6 heteroatoms. The van der Waals surface area contributed by atoms with Crippen LogP contribution in [0.2, 0.25) is 0 Å². The summed E-state index contributed by atoms with van der Waals surface area (Å²) in [5, 5.41) is 0. The predicted octanol–water partition coefficient (Wildman–Crippen LogP) is 2.61. The lowest BCUT2D eigenvalue weighted by Gasteiger charge is -1.96. The van der Waals surface area contributed by atoms with Crippen molar-refractivity contribution in [3.8, 4) is 0 Å². The van der Waals surface area contributed by atoms with Gasteiger partial charge in [-0.05, 0) is 29.4 Å². The number of para-hydroxylation sites is 1. The molecule has 0 fully saturated rings. The highest BCUT2D eigenvalue weighted by atomic mass is 32.9. The zero-order valence-electron chi connectivity index (χ0n) is 9.12. The number of nitrogens with zero attached hydrogens (tertiary/aromatic N) is 2. The summed E-state index contributed by atoms with van der Waals surface area (Å²) in [4.78, 5) is 16.0. The summed E-state index contributed by atoms with van der Waals surface area (Å²) in [5.74, 6) is -0.417. The van der Waals surface area contributed by atoms with E-state index in [1.165, 1.54) is 20.9 Å². The van der Waals surface area contributed by atoms with Crippen LogP contribution in [0.15, 0.2) is 35.3 Å². The first-order valence-electron chi connectivity index (χ1n) is 5.04. The van der Waals surface area contributed by atoms with Crippen molar-refractivity contribution in [2.45, 2.75) is 6.92 Å². The van der Waals surface area contributed by atoms with Crippen LogP contribution in [0, 0.1) is 0 Å². The third kappa shape index (κ3) is 2.98. The van der Waals surface area contributed by atoms with E-state index in [0.717, 1.165) is 5.69 Å². The molecule has 0 radical (unpaired) electrons. The van der Waals surface area contributed by atoms with Gasteiger partial charge in [0.15, 0.2) is 10.4 Å². The quantitative estimate of drug-likeness (QED) is 0.634. The van der Waals surface area contributed by atoms with Crippen LogP contribution in [0.4, 0.5) is 5.69 Å². The smallest absolute Gasteiger partial charge is 0.361 e. The van der Waals surface area contributed by atoms with E-state index in [1.54, 1.807) is 6.92 Å². The second-order valence-electron chi connectivity index (χ2n) is 3.07. The molecule has 0 spiro atoms. The van der Waals surface area contributed by atoms with E-state index in [1.807, 2.05) is 30.3 Å². The first-order chi connectivity index (χ1) is 8.31. The Morgan fingerprint density at radius 3 is 2.88 bits per heavy atom. The van der Waals surface area contributed by atoms with Gasteiger partial charge >= 0.3 is 5.97 Å². The highest BCUT2D eigenvalue weighted by Crippen LogP contribution is 2.10. The lowest BCUT2D eigenvalue weighted by molar-refractivity contribution is 0.0519. The van der Waals surface area contributed by atoms with Crippen molar-refractivity contribution in [2.75, 3.05) is 6.61 Å². The molecular weight excluding hydrogens is 256 g/mol. The van der Waals surface area contributed by atoms with Crippen LogP contribution >= 0.6 is 20.9 Å². The van der Waals surface area contributed by atoms with Crippen molar-refractivity contribution in [3.63, 3.8) is 0 Å². The summed E-state index contributed by atoms with van der Waals surface area (Å²) < 4.78 is 9.54. The lowest BCUT2D eigenvalue weighted by Crippen LogP contribution is -2.14. The van der Waals surface area contributed by atoms with Crippen molar-refractivity contribution in [2.24, 2.45) is 4.99 Å². The van der Waals surface area contributed by atoms with Gasteiger partial charge in [0.2, 0.25) is 0 Å². The monoisotopic (exact) mass is 266 g/mol. The molecule has 0 unspecified atom stereocenters. The van der Waals surface area contributed by atoms with Crippen LogP contribution in [0.25, 0.3) is 0 Å². The Morgan fingerprint density at radius 1 is 1.41 bits per heavy atom. The number of carbonyl (C=O) groups excluding carboxylic acids is 1. The highest BCUT2D eigenvalue weighted by molar-refractivity contribution is 7.66. The molecule has 2 rings (SSSR count). The molecule has 0 saturated heterocycles. The normalized spacial score (nSPS) is 11.5. The van der Waals surface area contributed by atoms with Crippen LogP contribution < -0.4 is 4.67 Å². The molecule has 0 atom stereocenters. The second-order valence-corrected chi connectivity index (χ2v) is 4.90. The van der Waals surface area contributed by atoms with E-state index in [-0.39, 0.29) is 0 Å². The van der Waals surface area contributed by atoms with Crippen molar-refractivity contribution < 1.29 is 9.53 Å². The van der Waals surface area contributed by atoms with Crippen molar-refractivity contribution in [3.05, 3.63) is 40.7 Å². The Balaban J connectivity index is 2.37. The fraction of sp³-hybridized carbons (Fsp3) is 0.182. The first kappa shape index (κ1) is 11.9. The summed E-state index contributed by atoms with van der Waals surface area (Å²) in [6.07, 6.45) is 0. The number of ether oxygens (including phenoxy) is 1. The number of rotatable bonds is 3. The summed E-state index contributed by atoms with van der Waals surface area (Å²) in [6, 6.07) is 9.46. The molecule has 1 aromatic carbocycles. The Morgan fingerprint density at radius 2 is 2.18 bits per heavy atom. The van der Waals surface area contributed by atoms with Gasteiger partial charge in [0.25, 0.3) is 0 Å². The standard InChI is InChI=1S/C11H10N2O2S2/c1-2-15-11(14)9-10(16-17-13-9)12-8-6-4-3-5-7-8/h3-7H,2H2,1H3. The SMILES string of the molecule is CCOC(=O)c1nssc1=Nc1ccccc1. The molecule has 1 aromatic heterocycles. The van der Waals surface area contributed by atoms with Crippen LogP contribution in [0.5, 0.6) is 0 Å². The van der Waals surface area contributed by atoms with Crippen LogP contribution in [-0.4, -0.2) is 16.9 Å². The maximum absolute atomic E-state index is 11.6. The Hall–Kier alpha value is -1.53. The van der Waals surface area contributed by atoms with Crippen LogP contribution in [-0.2, 0) is 4.74 Å². The summed E-state index contributed by atoms with van der Waals surface area (Å²) in [7, 11) is 2.60. The van der Waals surface area contributed by atoms with Gasteiger partial charge in [0, 0.05) is 10.5 Å². The molecule has 17 heavy (non-hydrogen) atoms. The molecule has 0 aliphatic heterocycles. The molecule has 0 amide bonds. The van der Waals surface area contributed by atoms with Crippen molar-refractivity contribution in [1.29, 1.82) is 0 Å². The number of benzene rings is 1. The molecular formula is C11H10N2O2S2. The summed E-state index contributed by atoms with van der Waals surface area (Å²) in [5.41, 5.74) is 1.10. The average molecular weight is 266 g/mol. The molecule has 0 N–H and O–H groups in total. The van der Waals surface area contributed by atoms with Crippen molar-refractivity contribution >= 4 is 32.5 Å². The summed E-state index contributed by atoms with van der Waals surface area (Å²) >= 11 is 0. The van der Waals surface area contributed by atoms with E-state index in [4.69, 9.17) is 4.74 Å². The average Bonchev–Trinajstić information content (AvgIpc) is 2.79. The predicted molar refractivity (Wildman–Crippen MR) is 67.6 cm³/mol. The first-order valence-corrected chi connectivity index (χ1v) is 7.15. The van der Waals surface area contributed by atoms with Gasteiger partial charge in [-0.3, -0.25) is 0 Å². The largest absolute Gasteiger partial charge is 0.461 e. The fourth-order valence-electron chi connectivity index (χ4n) is 1.19. The topological polar surface area (TPSA) is 51.5 Å². The third-order valence-electron chi connectivity index (χ3n) is 1.90. The summed E-state index contributed by atoms with van der Waals surface area (Å²) in [6.45, 7) is 2.10. The zero-order chi connectivity index (χ0) is 12.1. The molecule has 4 nitrogen and oxygen atoms in total. The van der Waals surface area contributed by atoms with E-state index in [0.29, 0.717) is 17.0 Å². The highest BCUT2D eigenvalue weighted by Gasteiger charge is 2.13. The molecule has 1 heterocycles. The second kappa shape index (κ2) is 5.70.